The van der Waals surface area contributed by atoms with Crippen LogP contribution in [0.15, 0.2) is 22.8 Å². The average Bonchev–Trinajstić information content (AvgIpc) is 3.15. The highest BCUT2D eigenvalue weighted by atomic mass is 28.2. The summed E-state index contributed by atoms with van der Waals surface area (Å²) in [5.74, 6) is 1.71. The molecule has 1 aromatic rings. The van der Waals surface area contributed by atoms with Crippen molar-refractivity contribution in [1.82, 2.24) is 0 Å². The summed E-state index contributed by atoms with van der Waals surface area (Å²) < 4.78 is 11.8. The van der Waals surface area contributed by atoms with Crippen molar-refractivity contribution in [2.75, 3.05) is 6.23 Å². The molecule has 0 aliphatic heterocycles. The molecule has 1 aromatic heterocycles. The van der Waals surface area contributed by atoms with Crippen LogP contribution in [-0.2, 0) is 4.74 Å². The minimum atomic E-state index is -0.355. The molecule has 0 atom stereocenters. The van der Waals surface area contributed by atoms with E-state index in [1.54, 1.807) is 6.26 Å². The third-order valence-corrected chi connectivity index (χ3v) is 6.30. The van der Waals surface area contributed by atoms with Crippen LogP contribution in [0.4, 0.5) is 0 Å². The average molecular weight is 278 g/mol. The SMILES string of the molecule is c1coc([SiH2]COC(C2CCCC2)C2CCCC2)c1. The first kappa shape index (κ1) is 13.4. The van der Waals surface area contributed by atoms with Crippen molar-refractivity contribution >= 4 is 14.9 Å². The van der Waals surface area contributed by atoms with E-state index >= 15 is 0 Å². The van der Waals surface area contributed by atoms with E-state index in [1.165, 1.54) is 56.8 Å². The molecule has 3 rings (SSSR count). The molecule has 0 spiro atoms. The van der Waals surface area contributed by atoms with Crippen molar-refractivity contribution < 1.29 is 9.15 Å². The van der Waals surface area contributed by atoms with Gasteiger partial charge < -0.3 is 9.15 Å². The van der Waals surface area contributed by atoms with Gasteiger partial charge in [-0.1, -0.05) is 25.7 Å². The third kappa shape index (κ3) is 3.51. The van der Waals surface area contributed by atoms with Gasteiger partial charge in [-0.15, -0.1) is 0 Å². The van der Waals surface area contributed by atoms with Crippen molar-refractivity contribution in [2.45, 2.75) is 57.5 Å². The molecule has 2 nitrogen and oxygen atoms in total. The number of rotatable bonds is 6. The molecule has 0 amide bonds. The Morgan fingerprint density at radius 3 is 2.26 bits per heavy atom. The van der Waals surface area contributed by atoms with Crippen LogP contribution < -0.4 is 5.38 Å². The Hall–Kier alpha value is -0.543. The van der Waals surface area contributed by atoms with Crippen LogP contribution >= 0.6 is 0 Å². The second-order valence-electron chi connectivity index (χ2n) is 6.25. The molecule has 0 radical (unpaired) electrons. The van der Waals surface area contributed by atoms with Gasteiger partial charge in [-0.25, -0.2) is 0 Å². The Morgan fingerprint density at radius 2 is 1.74 bits per heavy atom. The standard InChI is InChI=1S/C16H26O2Si/c1-2-7-13(6-1)16(14-8-3-4-9-14)18-12-19-15-10-5-11-17-15/h5,10-11,13-14,16H,1-4,6-9,12,19H2. The van der Waals surface area contributed by atoms with Gasteiger partial charge in [0.1, 0.15) is 9.52 Å². The van der Waals surface area contributed by atoms with Gasteiger partial charge in [0, 0.05) is 6.23 Å². The Kier molecular flexibility index (Phi) is 4.78. The lowest BCUT2D eigenvalue weighted by molar-refractivity contribution is -0.00176. The molecule has 0 N–H and O–H groups in total. The fourth-order valence-corrected chi connectivity index (χ4v) is 5.09. The van der Waals surface area contributed by atoms with E-state index in [-0.39, 0.29) is 9.52 Å². The first-order valence-electron chi connectivity index (χ1n) is 8.07. The van der Waals surface area contributed by atoms with E-state index in [0.717, 1.165) is 18.1 Å². The zero-order valence-electron chi connectivity index (χ0n) is 11.9. The Labute approximate surface area is 118 Å². The normalized spacial score (nSPS) is 22.4. The molecule has 2 saturated carbocycles. The van der Waals surface area contributed by atoms with E-state index in [0.29, 0.717) is 6.10 Å². The number of hydrogen-bond donors (Lipinski definition) is 0. The zero-order valence-corrected chi connectivity index (χ0v) is 13.3. The van der Waals surface area contributed by atoms with Gasteiger partial charge in [0.05, 0.1) is 17.8 Å². The summed E-state index contributed by atoms with van der Waals surface area (Å²) in [6.07, 6.45) is 14.6. The van der Waals surface area contributed by atoms with Crippen LogP contribution in [-0.4, -0.2) is 21.9 Å². The van der Waals surface area contributed by atoms with Crippen molar-refractivity contribution in [3.63, 3.8) is 0 Å². The molecule has 19 heavy (non-hydrogen) atoms. The first-order valence-corrected chi connectivity index (χ1v) is 9.78. The lowest BCUT2D eigenvalue weighted by Crippen LogP contribution is -2.32. The van der Waals surface area contributed by atoms with Gasteiger partial charge in [0.2, 0.25) is 0 Å². The van der Waals surface area contributed by atoms with Crippen LogP contribution in [0.3, 0.4) is 0 Å². The second kappa shape index (κ2) is 6.75. The van der Waals surface area contributed by atoms with Crippen LogP contribution in [0, 0.1) is 11.8 Å². The molecule has 0 saturated heterocycles. The predicted molar refractivity (Wildman–Crippen MR) is 80.5 cm³/mol. The molecule has 1 heterocycles. The molecular weight excluding hydrogens is 252 g/mol. The molecule has 2 aliphatic rings. The summed E-state index contributed by atoms with van der Waals surface area (Å²) in [4.78, 5) is 0. The molecule has 0 bridgehead atoms. The summed E-state index contributed by atoms with van der Waals surface area (Å²) >= 11 is 0. The van der Waals surface area contributed by atoms with E-state index in [1.807, 2.05) is 6.07 Å². The minimum absolute atomic E-state index is 0.355. The van der Waals surface area contributed by atoms with Gasteiger partial charge >= 0.3 is 0 Å². The van der Waals surface area contributed by atoms with E-state index in [4.69, 9.17) is 9.15 Å². The number of furan rings is 1. The third-order valence-electron chi connectivity index (χ3n) is 4.97. The van der Waals surface area contributed by atoms with E-state index in [9.17, 15) is 0 Å². The van der Waals surface area contributed by atoms with Crippen molar-refractivity contribution in [1.29, 1.82) is 0 Å². The zero-order chi connectivity index (χ0) is 12.9. The van der Waals surface area contributed by atoms with Crippen LogP contribution in [0.1, 0.15) is 51.4 Å². The predicted octanol–water partition coefficient (Wildman–Crippen LogP) is 2.80. The highest BCUT2D eigenvalue weighted by Gasteiger charge is 2.33. The summed E-state index contributed by atoms with van der Waals surface area (Å²) in [5, 5.41) is 1.19. The van der Waals surface area contributed by atoms with Crippen LogP contribution in [0.5, 0.6) is 0 Å². The smallest absolute Gasteiger partial charge is 0.129 e. The lowest BCUT2D eigenvalue weighted by atomic mass is 9.88. The lowest BCUT2D eigenvalue weighted by Gasteiger charge is -2.29. The van der Waals surface area contributed by atoms with Crippen molar-refractivity contribution in [3.8, 4) is 0 Å². The summed E-state index contributed by atoms with van der Waals surface area (Å²) in [6.45, 7) is 0. The fraction of sp³-hybridized carbons (Fsp3) is 0.750. The summed E-state index contributed by atoms with van der Waals surface area (Å²) in [6, 6.07) is 4.10. The number of hydrogen-bond acceptors (Lipinski definition) is 2. The first-order chi connectivity index (χ1) is 9.43. The van der Waals surface area contributed by atoms with Gasteiger partial charge in [0.25, 0.3) is 0 Å². The molecule has 2 aliphatic carbocycles. The van der Waals surface area contributed by atoms with Crippen LogP contribution in [0.25, 0.3) is 0 Å². The van der Waals surface area contributed by atoms with Gasteiger partial charge in [-0.3, -0.25) is 0 Å². The maximum Gasteiger partial charge on any atom is 0.129 e. The molecule has 106 valence electrons. The topological polar surface area (TPSA) is 22.4 Å². The second-order valence-corrected chi connectivity index (χ2v) is 7.86. The quantitative estimate of drug-likeness (QED) is 0.747. The van der Waals surface area contributed by atoms with E-state index in [2.05, 4.69) is 6.07 Å². The van der Waals surface area contributed by atoms with Gasteiger partial charge in [-0.2, -0.15) is 0 Å². The largest absolute Gasteiger partial charge is 0.475 e. The maximum atomic E-state index is 6.39. The highest BCUT2D eigenvalue weighted by Crippen LogP contribution is 2.38. The van der Waals surface area contributed by atoms with E-state index < -0.39 is 0 Å². The summed E-state index contributed by atoms with van der Waals surface area (Å²) in [7, 11) is -0.355. The fourth-order valence-electron chi connectivity index (χ4n) is 3.98. The number of ether oxygens (including phenoxy) is 1. The van der Waals surface area contributed by atoms with Crippen LogP contribution in [0.2, 0.25) is 0 Å². The molecule has 3 heteroatoms. The van der Waals surface area contributed by atoms with Crippen molar-refractivity contribution in [2.24, 2.45) is 11.8 Å². The highest BCUT2D eigenvalue weighted by molar-refractivity contribution is 6.51. The monoisotopic (exact) mass is 278 g/mol. The summed E-state index contributed by atoms with van der Waals surface area (Å²) in [5.41, 5.74) is 0. The van der Waals surface area contributed by atoms with Gasteiger partial charge in [0.15, 0.2) is 0 Å². The molecular formula is C16H26O2Si. The Balaban J connectivity index is 1.52. The minimum Gasteiger partial charge on any atom is -0.475 e. The Morgan fingerprint density at radius 1 is 1.11 bits per heavy atom. The molecule has 2 fully saturated rings. The van der Waals surface area contributed by atoms with Gasteiger partial charge in [-0.05, 0) is 49.7 Å². The maximum absolute atomic E-state index is 6.39. The Bertz CT molecular complexity index is 335. The van der Waals surface area contributed by atoms with Crippen molar-refractivity contribution in [3.05, 3.63) is 18.4 Å². The molecule has 0 unspecified atom stereocenters. The molecule has 0 aromatic carbocycles.